The quantitative estimate of drug-likeness (QED) is 0.515. The number of para-hydroxylation sites is 1. The fourth-order valence-corrected chi connectivity index (χ4v) is 2.50. The van der Waals surface area contributed by atoms with Gasteiger partial charge < -0.3 is 4.84 Å². The third-order valence-corrected chi connectivity index (χ3v) is 3.74. The van der Waals surface area contributed by atoms with Crippen molar-refractivity contribution in [2.75, 3.05) is 0 Å². The molecule has 4 nitrogen and oxygen atoms in total. The number of aryl methyl sites for hydroxylation is 1. The molecule has 0 unspecified atom stereocenters. The van der Waals surface area contributed by atoms with E-state index in [2.05, 4.69) is 10.3 Å². The van der Waals surface area contributed by atoms with Crippen molar-refractivity contribution in [2.24, 2.45) is 5.16 Å². The van der Waals surface area contributed by atoms with Crippen LogP contribution in [0.1, 0.15) is 16.8 Å². The zero-order valence-corrected chi connectivity index (χ0v) is 13.4. The topological polar surface area (TPSA) is 39.4 Å². The van der Waals surface area contributed by atoms with Crippen molar-refractivity contribution in [1.29, 1.82) is 0 Å². The van der Waals surface area contributed by atoms with Crippen molar-refractivity contribution in [3.8, 4) is 5.69 Å². The van der Waals surface area contributed by atoms with Crippen molar-refractivity contribution in [2.45, 2.75) is 13.5 Å². The Morgan fingerprint density at radius 1 is 1.09 bits per heavy atom. The Morgan fingerprint density at radius 3 is 2.43 bits per heavy atom. The number of benzene rings is 2. The summed E-state index contributed by atoms with van der Waals surface area (Å²) in [5, 5.41) is 8.97. The molecule has 0 aliphatic carbocycles. The standard InChI is InChI=1S/C18H16ClN3O/c1-14-17(12-20-23-13-15-8-4-2-5-9-15)18(19)22(21-14)16-10-6-3-7-11-16/h2-12H,13H2,1H3/b20-12+. The third kappa shape index (κ3) is 3.60. The minimum Gasteiger partial charge on any atom is -0.391 e. The number of hydrogen-bond acceptors (Lipinski definition) is 3. The predicted octanol–water partition coefficient (Wildman–Crippen LogP) is 4.38. The largest absolute Gasteiger partial charge is 0.391 e. The average Bonchev–Trinajstić information content (AvgIpc) is 2.88. The predicted molar refractivity (Wildman–Crippen MR) is 92.1 cm³/mol. The molecular weight excluding hydrogens is 310 g/mol. The molecule has 3 rings (SSSR count). The maximum Gasteiger partial charge on any atom is 0.142 e. The molecule has 0 saturated heterocycles. The monoisotopic (exact) mass is 325 g/mol. The molecule has 0 radical (unpaired) electrons. The van der Waals surface area contributed by atoms with Gasteiger partial charge in [-0.05, 0) is 24.6 Å². The number of nitrogens with zero attached hydrogens (tertiary/aromatic N) is 3. The van der Waals surface area contributed by atoms with E-state index in [1.807, 2.05) is 67.6 Å². The molecular formula is C18H16ClN3O. The number of aromatic nitrogens is 2. The van der Waals surface area contributed by atoms with E-state index in [9.17, 15) is 0 Å². The second-order valence-corrected chi connectivity index (χ2v) is 5.39. The molecule has 0 aliphatic rings. The summed E-state index contributed by atoms with van der Waals surface area (Å²) in [5.74, 6) is 0. The SMILES string of the molecule is Cc1nn(-c2ccccc2)c(Cl)c1/C=N/OCc1ccccc1. The fraction of sp³-hybridized carbons (Fsp3) is 0.111. The lowest BCUT2D eigenvalue weighted by Crippen LogP contribution is -1.96. The van der Waals surface area contributed by atoms with E-state index < -0.39 is 0 Å². The van der Waals surface area contributed by atoms with E-state index in [0.29, 0.717) is 11.8 Å². The Morgan fingerprint density at radius 2 is 1.74 bits per heavy atom. The summed E-state index contributed by atoms with van der Waals surface area (Å²) in [6, 6.07) is 19.6. The molecule has 2 aromatic carbocycles. The van der Waals surface area contributed by atoms with Crippen LogP contribution in [0.15, 0.2) is 65.8 Å². The van der Waals surface area contributed by atoms with Gasteiger partial charge in [0.25, 0.3) is 0 Å². The Bertz CT molecular complexity index is 798. The molecule has 1 aromatic heterocycles. The highest BCUT2D eigenvalue weighted by molar-refractivity contribution is 6.32. The average molecular weight is 326 g/mol. The van der Waals surface area contributed by atoms with Crippen molar-refractivity contribution >= 4 is 17.8 Å². The van der Waals surface area contributed by atoms with Gasteiger partial charge in [-0.3, -0.25) is 0 Å². The second kappa shape index (κ2) is 7.11. The molecule has 116 valence electrons. The van der Waals surface area contributed by atoms with Crippen LogP contribution < -0.4 is 0 Å². The number of oxime groups is 1. The van der Waals surface area contributed by atoms with Gasteiger partial charge in [0, 0.05) is 0 Å². The Kier molecular flexibility index (Phi) is 4.74. The van der Waals surface area contributed by atoms with E-state index in [-0.39, 0.29) is 0 Å². The molecule has 0 bridgehead atoms. The molecule has 0 aliphatic heterocycles. The van der Waals surface area contributed by atoms with Crippen molar-refractivity contribution in [1.82, 2.24) is 9.78 Å². The highest BCUT2D eigenvalue weighted by Crippen LogP contribution is 2.21. The van der Waals surface area contributed by atoms with Gasteiger partial charge in [0.2, 0.25) is 0 Å². The van der Waals surface area contributed by atoms with Crippen LogP contribution in [0.2, 0.25) is 5.15 Å². The molecule has 1 heterocycles. The number of hydrogen-bond donors (Lipinski definition) is 0. The highest BCUT2D eigenvalue weighted by atomic mass is 35.5. The van der Waals surface area contributed by atoms with Crippen LogP contribution >= 0.6 is 11.6 Å². The van der Waals surface area contributed by atoms with Crippen LogP contribution in [0.25, 0.3) is 5.69 Å². The van der Waals surface area contributed by atoms with Crippen LogP contribution in [0.4, 0.5) is 0 Å². The van der Waals surface area contributed by atoms with Gasteiger partial charge in [0.05, 0.1) is 23.2 Å². The van der Waals surface area contributed by atoms with Crippen molar-refractivity contribution in [3.63, 3.8) is 0 Å². The Hall–Kier alpha value is -2.59. The minimum absolute atomic E-state index is 0.417. The highest BCUT2D eigenvalue weighted by Gasteiger charge is 2.12. The van der Waals surface area contributed by atoms with Crippen molar-refractivity contribution in [3.05, 3.63) is 82.6 Å². The lowest BCUT2D eigenvalue weighted by atomic mass is 10.2. The summed E-state index contributed by atoms with van der Waals surface area (Å²) in [6.45, 7) is 2.31. The third-order valence-electron chi connectivity index (χ3n) is 3.38. The zero-order chi connectivity index (χ0) is 16.1. The summed E-state index contributed by atoms with van der Waals surface area (Å²) in [7, 11) is 0. The van der Waals surface area contributed by atoms with Crippen LogP contribution in [0.3, 0.4) is 0 Å². The normalized spacial score (nSPS) is 11.0. The fourth-order valence-electron chi connectivity index (χ4n) is 2.17. The maximum absolute atomic E-state index is 6.41. The van der Waals surface area contributed by atoms with Crippen molar-refractivity contribution < 1.29 is 4.84 Å². The van der Waals surface area contributed by atoms with E-state index in [1.54, 1.807) is 10.9 Å². The van der Waals surface area contributed by atoms with Crippen LogP contribution in [0.5, 0.6) is 0 Å². The van der Waals surface area contributed by atoms with Gasteiger partial charge >= 0.3 is 0 Å². The first kappa shape index (κ1) is 15.3. The lowest BCUT2D eigenvalue weighted by Gasteiger charge is -2.02. The van der Waals surface area contributed by atoms with E-state index >= 15 is 0 Å². The summed E-state index contributed by atoms with van der Waals surface area (Å²) in [6.07, 6.45) is 1.60. The van der Waals surface area contributed by atoms with Gasteiger partial charge in [-0.1, -0.05) is 65.3 Å². The molecule has 3 aromatic rings. The van der Waals surface area contributed by atoms with Gasteiger partial charge in [-0.2, -0.15) is 5.10 Å². The molecule has 0 fully saturated rings. The van der Waals surface area contributed by atoms with E-state index in [1.165, 1.54) is 0 Å². The number of rotatable bonds is 5. The zero-order valence-electron chi connectivity index (χ0n) is 12.7. The van der Waals surface area contributed by atoms with Crippen LogP contribution in [-0.4, -0.2) is 16.0 Å². The van der Waals surface area contributed by atoms with Gasteiger partial charge in [0.15, 0.2) is 0 Å². The molecule has 23 heavy (non-hydrogen) atoms. The van der Waals surface area contributed by atoms with E-state index in [0.717, 1.165) is 22.5 Å². The minimum atomic E-state index is 0.417. The summed E-state index contributed by atoms with van der Waals surface area (Å²) >= 11 is 6.41. The number of halogens is 1. The lowest BCUT2D eigenvalue weighted by molar-refractivity contribution is 0.132. The first-order valence-corrected chi connectivity index (χ1v) is 7.63. The second-order valence-electron chi connectivity index (χ2n) is 5.03. The Balaban J connectivity index is 1.73. The molecule has 0 spiro atoms. The van der Waals surface area contributed by atoms with Gasteiger partial charge in [0.1, 0.15) is 11.8 Å². The van der Waals surface area contributed by atoms with Crippen LogP contribution in [-0.2, 0) is 11.4 Å². The first-order valence-electron chi connectivity index (χ1n) is 7.25. The maximum atomic E-state index is 6.41. The smallest absolute Gasteiger partial charge is 0.142 e. The molecule has 0 saturated carbocycles. The molecule has 0 amide bonds. The van der Waals surface area contributed by atoms with Crippen LogP contribution in [0, 0.1) is 6.92 Å². The van der Waals surface area contributed by atoms with E-state index in [4.69, 9.17) is 16.4 Å². The molecule has 0 atom stereocenters. The summed E-state index contributed by atoms with van der Waals surface area (Å²) in [5.41, 5.74) is 3.52. The molecule has 5 heteroatoms. The molecule has 0 N–H and O–H groups in total. The summed E-state index contributed by atoms with van der Waals surface area (Å²) < 4.78 is 1.69. The van der Waals surface area contributed by atoms with Gasteiger partial charge in [-0.15, -0.1) is 0 Å². The first-order chi connectivity index (χ1) is 11.3. The Labute approximate surface area is 140 Å². The summed E-state index contributed by atoms with van der Waals surface area (Å²) in [4.78, 5) is 5.32. The van der Waals surface area contributed by atoms with Gasteiger partial charge in [-0.25, -0.2) is 4.68 Å².